The van der Waals surface area contributed by atoms with Crippen LogP contribution in [-0.4, -0.2) is 24.3 Å². The number of fused-ring (bicyclic) bond motifs is 1. The number of benzene rings is 3. The first-order chi connectivity index (χ1) is 14.5. The molecule has 150 valence electrons. The van der Waals surface area contributed by atoms with Gasteiger partial charge in [0.1, 0.15) is 0 Å². The summed E-state index contributed by atoms with van der Waals surface area (Å²) in [5, 5.41) is 8.40. The Morgan fingerprint density at radius 2 is 1.63 bits per heavy atom. The van der Waals surface area contributed by atoms with E-state index < -0.39 is 0 Å². The number of carbonyl (C=O) groups excluding carboxylic acids is 3. The smallest absolute Gasteiger partial charge is 0.255 e. The van der Waals surface area contributed by atoms with Crippen LogP contribution in [0.1, 0.15) is 33.2 Å². The van der Waals surface area contributed by atoms with Crippen molar-refractivity contribution in [3.8, 4) is 11.1 Å². The van der Waals surface area contributed by atoms with Crippen molar-refractivity contribution in [2.24, 2.45) is 0 Å². The molecule has 1 aliphatic heterocycles. The summed E-state index contributed by atoms with van der Waals surface area (Å²) in [4.78, 5) is 36.6. The van der Waals surface area contributed by atoms with Crippen molar-refractivity contribution in [1.29, 1.82) is 0 Å². The van der Waals surface area contributed by atoms with Crippen LogP contribution in [0.4, 0.5) is 11.4 Å². The van der Waals surface area contributed by atoms with E-state index in [0.29, 0.717) is 35.5 Å². The van der Waals surface area contributed by atoms with E-state index in [1.54, 1.807) is 30.3 Å². The van der Waals surface area contributed by atoms with E-state index in [0.717, 1.165) is 16.7 Å². The third-order valence-electron chi connectivity index (χ3n) is 5.00. The van der Waals surface area contributed by atoms with Crippen molar-refractivity contribution in [3.05, 3.63) is 83.4 Å². The number of amides is 3. The highest BCUT2D eigenvalue weighted by Gasteiger charge is 2.24. The second-order valence-corrected chi connectivity index (χ2v) is 7.10. The lowest BCUT2D eigenvalue weighted by atomic mass is 9.89. The molecule has 0 atom stereocenters. The lowest BCUT2D eigenvalue weighted by Gasteiger charge is -2.23. The Kier molecular flexibility index (Phi) is 5.30. The molecule has 3 amide bonds. The van der Waals surface area contributed by atoms with Crippen LogP contribution in [0.3, 0.4) is 0 Å². The summed E-state index contributed by atoms with van der Waals surface area (Å²) in [5.41, 5.74) is 5.00. The molecule has 3 N–H and O–H groups in total. The van der Waals surface area contributed by atoms with Gasteiger partial charge in [0.05, 0.1) is 11.3 Å². The zero-order valence-corrected chi connectivity index (χ0v) is 16.5. The van der Waals surface area contributed by atoms with Crippen molar-refractivity contribution < 1.29 is 14.4 Å². The molecule has 0 spiro atoms. The minimum atomic E-state index is -0.322. The summed E-state index contributed by atoms with van der Waals surface area (Å²) in [6.45, 7) is 1.99. The third-order valence-corrected chi connectivity index (χ3v) is 5.00. The Hall–Kier alpha value is -3.93. The molecule has 1 aliphatic rings. The van der Waals surface area contributed by atoms with Crippen LogP contribution in [0.15, 0.2) is 66.7 Å². The van der Waals surface area contributed by atoms with Crippen molar-refractivity contribution in [2.75, 3.05) is 17.2 Å². The topological polar surface area (TPSA) is 87.3 Å². The highest BCUT2D eigenvalue weighted by atomic mass is 16.2. The summed E-state index contributed by atoms with van der Waals surface area (Å²) in [6.07, 6.45) is 0.695. The summed E-state index contributed by atoms with van der Waals surface area (Å²) < 4.78 is 0. The molecule has 4 rings (SSSR count). The molecule has 3 aromatic rings. The Morgan fingerprint density at radius 1 is 0.900 bits per heavy atom. The Labute approximate surface area is 174 Å². The lowest BCUT2D eigenvalue weighted by molar-refractivity contribution is -0.114. The fourth-order valence-electron chi connectivity index (χ4n) is 3.65. The molecule has 6 heteroatoms. The molecule has 0 unspecified atom stereocenters. The Balaban J connectivity index is 1.65. The quantitative estimate of drug-likeness (QED) is 0.623. The van der Waals surface area contributed by atoms with Gasteiger partial charge in [0.2, 0.25) is 5.91 Å². The summed E-state index contributed by atoms with van der Waals surface area (Å²) in [5.74, 6) is -0.689. The van der Waals surface area contributed by atoms with Gasteiger partial charge in [0.25, 0.3) is 11.8 Å². The van der Waals surface area contributed by atoms with Gasteiger partial charge >= 0.3 is 0 Å². The predicted octanol–water partition coefficient (Wildman–Crippen LogP) is 3.85. The Morgan fingerprint density at radius 3 is 2.33 bits per heavy atom. The zero-order valence-electron chi connectivity index (χ0n) is 16.5. The number of nitrogens with one attached hydrogen (secondary N) is 3. The minimum absolute atomic E-state index is 0.177. The number of hydrogen-bond donors (Lipinski definition) is 3. The summed E-state index contributed by atoms with van der Waals surface area (Å²) >= 11 is 0. The minimum Gasteiger partial charge on any atom is -0.352 e. The number of carbonyl (C=O) groups is 3. The molecule has 3 aromatic carbocycles. The highest BCUT2D eigenvalue weighted by Crippen LogP contribution is 2.33. The van der Waals surface area contributed by atoms with E-state index in [4.69, 9.17) is 0 Å². The van der Waals surface area contributed by atoms with Gasteiger partial charge in [0.15, 0.2) is 0 Å². The maximum atomic E-state index is 12.8. The van der Waals surface area contributed by atoms with Crippen LogP contribution in [-0.2, 0) is 11.2 Å². The SMILES string of the molecule is CC(=O)Nc1ccc(C(=O)Nc2ccc(-c3ccccc3)c3c2C(=O)NCC3)cc1. The van der Waals surface area contributed by atoms with Gasteiger partial charge in [-0.3, -0.25) is 14.4 Å². The summed E-state index contributed by atoms with van der Waals surface area (Å²) in [6, 6.07) is 20.2. The standard InChI is InChI=1S/C24H21N3O3/c1-15(28)26-18-9-7-17(8-10-18)23(29)27-21-12-11-19(16-5-3-2-4-6-16)20-13-14-25-24(30)22(20)21/h2-12H,13-14H2,1H3,(H,25,30)(H,26,28)(H,27,29). The van der Waals surface area contributed by atoms with Crippen LogP contribution in [0, 0.1) is 0 Å². The van der Waals surface area contributed by atoms with E-state index in [-0.39, 0.29) is 17.7 Å². The van der Waals surface area contributed by atoms with Gasteiger partial charge in [-0.2, -0.15) is 0 Å². The van der Waals surface area contributed by atoms with Crippen molar-refractivity contribution in [2.45, 2.75) is 13.3 Å². The van der Waals surface area contributed by atoms with Gasteiger partial charge in [-0.05, 0) is 53.4 Å². The zero-order chi connectivity index (χ0) is 21.1. The van der Waals surface area contributed by atoms with Crippen molar-refractivity contribution in [1.82, 2.24) is 5.32 Å². The van der Waals surface area contributed by atoms with E-state index in [1.807, 2.05) is 36.4 Å². The predicted molar refractivity (Wildman–Crippen MR) is 117 cm³/mol. The van der Waals surface area contributed by atoms with Gasteiger partial charge in [0, 0.05) is 24.7 Å². The first kappa shape index (κ1) is 19.4. The van der Waals surface area contributed by atoms with Crippen LogP contribution >= 0.6 is 0 Å². The molecule has 0 aromatic heterocycles. The lowest BCUT2D eigenvalue weighted by Crippen LogP contribution is -2.33. The third kappa shape index (κ3) is 3.93. The molecule has 6 nitrogen and oxygen atoms in total. The maximum absolute atomic E-state index is 12.8. The molecular weight excluding hydrogens is 378 g/mol. The van der Waals surface area contributed by atoms with Gasteiger partial charge in [-0.25, -0.2) is 0 Å². The largest absolute Gasteiger partial charge is 0.352 e. The van der Waals surface area contributed by atoms with Crippen LogP contribution in [0.5, 0.6) is 0 Å². The van der Waals surface area contributed by atoms with E-state index in [1.165, 1.54) is 6.92 Å². The van der Waals surface area contributed by atoms with E-state index in [2.05, 4.69) is 16.0 Å². The number of anilines is 2. The van der Waals surface area contributed by atoms with Crippen LogP contribution in [0.25, 0.3) is 11.1 Å². The average Bonchev–Trinajstić information content (AvgIpc) is 2.74. The highest BCUT2D eigenvalue weighted by molar-refractivity contribution is 6.11. The number of hydrogen-bond acceptors (Lipinski definition) is 3. The second-order valence-electron chi connectivity index (χ2n) is 7.10. The molecule has 0 aliphatic carbocycles. The van der Waals surface area contributed by atoms with Crippen LogP contribution < -0.4 is 16.0 Å². The summed E-state index contributed by atoms with van der Waals surface area (Å²) in [7, 11) is 0. The molecule has 0 radical (unpaired) electrons. The van der Waals surface area contributed by atoms with Gasteiger partial charge in [-0.1, -0.05) is 36.4 Å². The van der Waals surface area contributed by atoms with E-state index in [9.17, 15) is 14.4 Å². The maximum Gasteiger partial charge on any atom is 0.255 e. The molecule has 0 saturated carbocycles. The first-order valence-electron chi connectivity index (χ1n) is 9.71. The van der Waals surface area contributed by atoms with Gasteiger partial charge < -0.3 is 16.0 Å². The second kappa shape index (κ2) is 8.21. The van der Waals surface area contributed by atoms with E-state index >= 15 is 0 Å². The Bertz CT molecular complexity index is 1120. The van der Waals surface area contributed by atoms with Crippen molar-refractivity contribution >= 4 is 29.1 Å². The molecule has 0 bridgehead atoms. The fourth-order valence-corrected chi connectivity index (χ4v) is 3.65. The number of rotatable bonds is 4. The van der Waals surface area contributed by atoms with Crippen molar-refractivity contribution in [3.63, 3.8) is 0 Å². The molecular formula is C24H21N3O3. The first-order valence-corrected chi connectivity index (χ1v) is 9.71. The monoisotopic (exact) mass is 399 g/mol. The fraction of sp³-hybridized carbons (Fsp3) is 0.125. The van der Waals surface area contributed by atoms with Gasteiger partial charge in [-0.15, -0.1) is 0 Å². The molecule has 0 saturated heterocycles. The normalized spacial score (nSPS) is 12.5. The molecule has 30 heavy (non-hydrogen) atoms. The average molecular weight is 399 g/mol. The molecule has 1 heterocycles. The van der Waals surface area contributed by atoms with Crippen LogP contribution in [0.2, 0.25) is 0 Å². The molecule has 0 fully saturated rings.